The maximum atomic E-state index is 5.88. The molecular formula is C14H24N4. The summed E-state index contributed by atoms with van der Waals surface area (Å²) >= 11 is 0. The lowest BCUT2D eigenvalue weighted by Crippen LogP contribution is -2.46. The first kappa shape index (κ1) is 13.3. The molecule has 1 aromatic heterocycles. The summed E-state index contributed by atoms with van der Waals surface area (Å²) in [6.45, 7) is 11.3. The monoisotopic (exact) mass is 248 g/mol. The lowest BCUT2D eigenvalue weighted by Gasteiger charge is -2.35. The highest BCUT2D eigenvalue weighted by Gasteiger charge is 2.18. The SMILES string of the molecule is CC(C)CN1CCN(Cc2cccnc2N)CC1. The standard InChI is InChI=1S/C14H24N4/c1-12(2)10-17-6-8-18(9-7-17)11-13-4-3-5-16-14(13)15/h3-5,12H,6-11H2,1-2H3,(H2,15,16). The Balaban J connectivity index is 1.82. The molecule has 0 spiro atoms. The van der Waals surface area contributed by atoms with Crippen molar-refractivity contribution in [3.8, 4) is 0 Å². The Morgan fingerprint density at radius 2 is 1.89 bits per heavy atom. The predicted molar refractivity (Wildman–Crippen MR) is 75.2 cm³/mol. The van der Waals surface area contributed by atoms with Gasteiger partial charge in [0, 0.05) is 51.0 Å². The Kier molecular flexibility index (Phi) is 4.55. The highest BCUT2D eigenvalue weighted by atomic mass is 15.3. The summed E-state index contributed by atoms with van der Waals surface area (Å²) in [7, 11) is 0. The number of hydrogen-bond acceptors (Lipinski definition) is 4. The fourth-order valence-corrected chi connectivity index (χ4v) is 2.47. The number of anilines is 1. The van der Waals surface area contributed by atoms with Crippen LogP contribution in [0.25, 0.3) is 0 Å². The van der Waals surface area contributed by atoms with Gasteiger partial charge in [-0.15, -0.1) is 0 Å². The van der Waals surface area contributed by atoms with E-state index >= 15 is 0 Å². The molecule has 0 aliphatic carbocycles. The van der Waals surface area contributed by atoms with Crippen molar-refractivity contribution in [2.45, 2.75) is 20.4 Å². The summed E-state index contributed by atoms with van der Waals surface area (Å²) in [5.74, 6) is 1.42. The second-order valence-corrected chi connectivity index (χ2v) is 5.52. The van der Waals surface area contributed by atoms with E-state index in [2.05, 4.69) is 34.7 Å². The highest BCUT2D eigenvalue weighted by molar-refractivity contribution is 5.38. The second-order valence-electron chi connectivity index (χ2n) is 5.52. The number of piperazine rings is 1. The van der Waals surface area contributed by atoms with Crippen LogP contribution in [-0.4, -0.2) is 47.5 Å². The molecule has 100 valence electrons. The number of nitrogens with zero attached hydrogens (tertiary/aromatic N) is 3. The van der Waals surface area contributed by atoms with Gasteiger partial charge in [-0.2, -0.15) is 0 Å². The largest absolute Gasteiger partial charge is 0.383 e. The van der Waals surface area contributed by atoms with Crippen molar-refractivity contribution in [3.05, 3.63) is 23.9 Å². The maximum Gasteiger partial charge on any atom is 0.127 e. The number of rotatable bonds is 4. The van der Waals surface area contributed by atoms with Crippen LogP contribution < -0.4 is 5.73 Å². The van der Waals surface area contributed by atoms with Crippen LogP contribution in [0.3, 0.4) is 0 Å². The third-order valence-corrected chi connectivity index (χ3v) is 3.41. The molecule has 1 aliphatic rings. The quantitative estimate of drug-likeness (QED) is 0.876. The van der Waals surface area contributed by atoms with Gasteiger partial charge in [0.05, 0.1) is 0 Å². The summed E-state index contributed by atoms with van der Waals surface area (Å²) in [6, 6.07) is 4.03. The Morgan fingerprint density at radius 3 is 2.50 bits per heavy atom. The Bertz CT molecular complexity index is 370. The van der Waals surface area contributed by atoms with Crippen LogP contribution in [0.5, 0.6) is 0 Å². The summed E-state index contributed by atoms with van der Waals surface area (Å²) in [5.41, 5.74) is 7.03. The second kappa shape index (κ2) is 6.16. The molecule has 2 N–H and O–H groups in total. The molecule has 0 amide bonds. The molecule has 1 fully saturated rings. The van der Waals surface area contributed by atoms with Crippen LogP contribution in [0.15, 0.2) is 18.3 Å². The van der Waals surface area contributed by atoms with Gasteiger partial charge in [-0.1, -0.05) is 19.9 Å². The maximum absolute atomic E-state index is 5.88. The van der Waals surface area contributed by atoms with E-state index in [9.17, 15) is 0 Å². The molecule has 1 saturated heterocycles. The minimum atomic E-state index is 0.669. The van der Waals surface area contributed by atoms with E-state index in [1.807, 2.05) is 6.07 Å². The number of nitrogen functional groups attached to an aromatic ring is 1. The average Bonchev–Trinajstić information content (AvgIpc) is 2.34. The molecule has 0 bridgehead atoms. The molecule has 4 heteroatoms. The molecule has 4 nitrogen and oxygen atoms in total. The first-order valence-corrected chi connectivity index (χ1v) is 6.79. The third-order valence-electron chi connectivity index (χ3n) is 3.41. The number of pyridine rings is 1. The van der Waals surface area contributed by atoms with Gasteiger partial charge >= 0.3 is 0 Å². The highest BCUT2D eigenvalue weighted by Crippen LogP contribution is 2.13. The summed E-state index contributed by atoms with van der Waals surface area (Å²) in [6.07, 6.45) is 1.75. The van der Waals surface area contributed by atoms with E-state index in [0.29, 0.717) is 5.82 Å². The Morgan fingerprint density at radius 1 is 1.22 bits per heavy atom. The molecule has 2 rings (SSSR count). The van der Waals surface area contributed by atoms with Crippen LogP contribution in [0.4, 0.5) is 5.82 Å². The zero-order valence-corrected chi connectivity index (χ0v) is 11.5. The minimum absolute atomic E-state index is 0.669. The molecule has 0 radical (unpaired) electrons. The Labute approximate surface area is 110 Å². The molecule has 0 unspecified atom stereocenters. The van der Waals surface area contributed by atoms with E-state index in [1.165, 1.54) is 19.6 Å². The van der Waals surface area contributed by atoms with Gasteiger partial charge < -0.3 is 10.6 Å². The Hall–Kier alpha value is -1.13. The minimum Gasteiger partial charge on any atom is -0.383 e. The van der Waals surface area contributed by atoms with E-state index in [-0.39, 0.29) is 0 Å². The van der Waals surface area contributed by atoms with E-state index in [0.717, 1.165) is 31.1 Å². The van der Waals surface area contributed by atoms with Crippen molar-refractivity contribution >= 4 is 5.82 Å². The number of hydrogen-bond donors (Lipinski definition) is 1. The van der Waals surface area contributed by atoms with E-state index < -0.39 is 0 Å². The van der Waals surface area contributed by atoms with Crippen molar-refractivity contribution in [2.24, 2.45) is 5.92 Å². The molecule has 0 atom stereocenters. The molecule has 18 heavy (non-hydrogen) atoms. The third kappa shape index (κ3) is 3.68. The lowest BCUT2D eigenvalue weighted by atomic mass is 10.1. The zero-order valence-electron chi connectivity index (χ0n) is 11.5. The van der Waals surface area contributed by atoms with Crippen LogP contribution in [0, 0.1) is 5.92 Å². The first-order valence-electron chi connectivity index (χ1n) is 6.79. The van der Waals surface area contributed by atoms with Gasteiger partial charge in [0.1, 0.15) is 5.82 Å². The van der Waals surface area contributed by atoms with Gasteiger partial charge in [0.2, 0.25) is 0 Å². The summed E-state index contributed by atoms with van der Waals surface area (Å²) in [4.78, 5) is 9.15. The average molecular weight is 248 g/mol. The van der Waals surface area contributed by atoms with Crippen molar-refractivity contribution < 1.29 is 0 Å². The molecule has 2 heterocycles. The smallest absolute Gasteiger partial charge is 0.127 e. The first-order chi connectivity index (χ1) is 8.65. The number of aromatic nitrogens is 1. The normalized spacial score (nSPS) is 18.4. The summed E-state index contributed by atoms with van der Waals surface area (Å²) in [5, 5.41) is 0. The van der Waals surface area contributed by atoms with Crippen molar-refractivity contribution in [1.82, 2.24) is 14.8 Å². The van der Waals surface area contributed by atoms with Gasteiger partial charge in [0.15, 0.2) is 0 Å². The fourth-order valence-electron chi connectivity index (χ4n) is 2.47. The van der Waals surface area contributed by atoms with Gasteiger partial charge in [0.25, 0.3) is 0 Å². The van der Waals surface area contributed by atoms with Crippen molar-refractivity contribution in [3.63, 3.8) is 0 Å². The zero-order chi connectivity index (χ0) is 13.0. The molecule has 0 saturated carbocycles. The van der Waals surface area contributed by atoms with E-state index in [1.54, 1.807) is 6.20 Å². The van der Waals surface area contributed by atoms with Crippen LogP contribution in [0.1, 0.15) is 19.4 Å². The van der Waals surface area contributed by atoms with Crippen LogP contribution in [-0.2, 0) is 6.54 Å². The predicted octanol–water partition coefficient (Wildman–Crippen LogP) is 1.44. The fraction of sp³-hybridized carbons (Fsp3) is 0.643. The molecule has 0 aromatic carbocycles. The van der Waals surface area contributed by atoms with Crippen molar-refractivity contribution in [2.75, 3.05) is 38.5 Å². The van der Waals surface area contributed by atoms with Crippen LogP contribution >= 0.6 is 0 Å². The van der Waals surface area contributed by atoms with Crippen LogP contribution in [0.2, 0.25) is 0 Å². The van der Waals surface area contributed by atoms with Crippen molar-refractivity contribution in [1.29, 1.82) is 0 Å². The summed E-state index contributed by atoms with van der Waals surface area (Å²) < 4.78 is 0. The van der Waals surface area contributed by atoms with Gasteiger partial charge in [-0.3, -0.25) is 4.90 Å². The molecule has 1 aliphatic heterocycles. The van der Waals surface area contributed by atoms with E-state index in [4.69, 9.17) is 5.73 Å². The molecular weight excluding hydrogens is 224 g/mol. The van der Waals surface area contributed by atoms with Gasteiger partial charge in [-0.05, 0) is 12.0 Å². The number of nitrogens with two attached hydrogens (primary N) is 1. The van der Waals surface area contributed by atoms with Gasteiger partial charge in [-0.25, -0.2) is 4.98 Å². The molecule has 1 aromatic rings. The topological polar surface area (TPSA) is 45.4 Å². The lowest BCUT2D eigenvalue weighted by molar-refractivity contribution is 0.117.